The van der Waals surface area contributed by atoms with E-state index >= 15 is 4.79 Å². The molecule has 13 heteroatoms. The highest BCUT2D eigenvalue weighted by atomic mass is 19.1. The first-order chi connectivity index (χ1) is 32.8. The largest absolute Gasteiger partial charge is 0.459 e. The maximum atomic E-state index is 15.2. The lowest BCUT2D eigenvalue weighted by molar-refractivity contribution is -0.258. The number of nitrogens with one attached hydrogen (secondary N) is 1. The van der Waals surface area contributed by atoms with Gasteiger partial charge in [-0.3, -0.25) is 4.79 Å². The minimum atomic E-state index is -1.47. The lowest BCUT2D eigenvalue weighted by atomic mass is 9.55. The zero-order valence-electron chi connectivity index (χ0n) is 40.3. The second kappa shape index (κ2) is 27.0. The third-order valence-electron chi connectivity index (χ3n) is 14.1. The van der Waals surface area contributed by atoms with E-state index in [4.69, 9.17) is 28.9 Å². The molecular weight excluding hydrogens is 854 g/mol. The Kier molecular flexibility index (Phi) is 21.0. The number of rotatable bonds is 28. The second-order valence-electron chi connectivity index (χ2n) is 18.8. The van der Waals surface area contributed by atoms with Crippen LogP contribution in [-0.2, 0) is 25.7 Å². The first-order valence-electron chi connectivity index (χ1n) is 25.6. The van der Waals surface area contributed by atoms with Crippen LogP contribution >= 0.6 is 0 Å². The van der Waals surface area contributed by atoms with Gasteiger partial charge in [-0.25, -0.2) is 9.18 Å². The summed E-state index contributed by atoms with van der Waals surface area (Å²) < 4.78 is 40.9. The molecule has 2 amide bonds. The number of amides is 2. The molecular formula is C54H78FN3O9. The zero-order chi connectivity index (χ0) is 47.4. The minimum Gasteiger partial charge on any atom is -0.459 e. The number of benzene rings is 2. The van der Waals surface area contributed by atoms with Gasteiger partial charge in [-0.2, -0.15) is 0 Å². The number of hydrogen-bond donors (Lipinski definition) is 3. The van der Waals surface area contributed by atoms with Crippen LogP contribution in [0.4, 0.5) is 9.18 Å². The van der Waals surface area contributed by atoms with Crippen molar-refractivity contribution in [2.75, 3.05) is 33.0 Å². The molecule has 3 N–H and O–H groups in total. The molecule has 7 atom stereocenters. The molecule has 2 heterocycles. The number of carbonyl (C=O) groups excluding carboxylic acids is 2. The quantitative estimate of drug-likeness (QED) is 0.0431. The lowest BCUT2D eigenvalue weighted by Crippen LogP contribution is -2.70. The van der Waals surface area contributed by atoms with E-state index in [0.717, 1.165) is 80.9 Å². The Morgan fingerprint density at radius 3 is 2.36 bits per heavy atom. The van der Waals surface area contributed by atoms with Crippen LogP contribution in [0.2, 0.25) is 0 Å². The maximum absolute atomic E-state index is 15.2. The van der Waals surface area contributed by atoms with E-state index in [1.807, 2.05) is 24.0 Å². The first-order valence-corrected chi connectivity index (χ1v) is 25.6. The fraction of sp³-hybridized carbons (Fsp3) is 0.648. The number of allylic oxidation sites excluding steroid dienone is 1. The van der Waals surface area contributed by atoms with Gasteiger partial charge in [0.1, 0.15) is 23.4 Å². The van der Waals surface area contributed by atoms with Gasteiger partial charge < -0.3 is 44.2 Å². The summed E-state index contributed by atoms with van der Waals surface area (Å²) in [7, 11) is 0. The summed E-state index contributed by atoms with van der Waals surface area (Å²) >= 11 is 0. The maximum Gasteiger partial charge on any atom is 0.412 e. The van der Waals surface area contributed by atoms with Crippen LogP contribution in [0.3, 0.4) is 0 Å². The van der Waals surface area contributed by atoms with E-state index in [-0.39, 0.29) is 62.3 Å². The highest BCUT2D eigenvalue weighted by Crippen LogP contribution is 2.62. The number of aliphatic hydroxyl groups excluding tert-OH is 2. The van der Waals surface area contributed by atoms with Gasteiger partial charge in [-0.1, -0.05) is 101 Å². The molecule has 0 spiro atoms. The van der Waals surface area contributed by atoms with E-state index < -0.39 is 30.1 Å². The van der Waals surface area contributed by atoms with Gasteiger partial charge in [0.05, 0.1) is 24.8 Å². The summed E-state index contributed by atoms with van der Waals surface area (Å²) in [5.41, 5.74) is 3.19. The van der Waals surface area contributed by atoms with Gasteiger partial charge in [-0.05, 0) is 105 Å². The number of fused-ring (bicyclic) bond motifs is 2. The Morgan fingerprint density at radius 1 is 0.940 bits per heavy atom. The minimum absolute atomic E-state index is 0.0149. The van der Waals surface area contributed by atoms with Gasteiger partial charge in [0.25, 0.3) is 0 Å². The molecule has 6 rings (SSSR count). The standard InChI is InChI=1S/C54H78FN3O9/c1-4-7-8-9-10-11-12-13-14-23-49(61)58(38-39-25-27-41(55)28-26-39)48-37-46(57-67-50-24-17-20-34-63-50)44-35-40(21-15-18-31-59)43(22-16-19-32-60)51-45-36-42(65-53(62)56-6-3)29-30-47(45)66-54(48,52(44)51)64-33-5-2/h5,25-30,35-36,40,43,48,50-52,59-60H,2,4,6-24,31-34,37-38H2,1,3H3,(H,56,62). The lowest BCUT2D eigenvalue weighted by Gasteiger charge is -2.60. The van der Waals surface area contributed by atoms with Crippen molar-refractivity contribution in [1.82, 2.24) is 10.2 Å². The van der Waals surface area contributed by atoms with Gasteiger partial charge in [-0.15, -0.1) is 6.58 Å². The van der Waals surface area contributed by atoms with E-state index in [1.54, 1.807) is 24.3 Å². The van der Waals surface area contributed by atoms with Gasteiger partial charge in [0.15, 0.2) is 0 Å². The van der Waals surface area contributed by atoms with Crippen molar-refractivity contribution in [3.05, 3.63) is 83.7 Å². The molecule has 2 fully saturated rings. The van der Waals surface area contributed by atoms with Crippen LogP contribution < -0.4 is 14.8 Å². The molecule has 1 saturated carbocycles. The molecule has 2 aromatic rings. The molecule has 7 unspecified atom stereocenters. The molecule has 2 aliphatic carbocycles. The van der Waals surface area contributed by atoms with Crippen molar-refractivity contribution in [1.29, 1.82) is 0 Å². The predicted molar refractivity (Wildman–Crippen MR) is 258 cm³/mol. The Morgan fingerprint density at radius 2 is 1.67 bits per heavy atom. The van der Waals surface area contributed by atoms with Crippen LogP contribution in [0.15, 0.2) is 71.9 Å². The number of nitrogens with zero attached hydrogens (tertiary/aromatic N) is 2. The van der Waals surface area contributed by atoms with E-state index in [2.05, 4.69) is 24.9 Å². The summed E-state index contributed by atoms with van der Waals surface area (Å²) in [6.45, 7) is 9.55. The van der Waals surface area contributed by atoms with Crippen LogP contribution in [0.25, 0.3) is 0 Å². The smallest absolute Gasteiger partial charge is 0.412 e. The van der Waals surface area contributed by atoms with Crippen molar-refractivity contribution in [3.8, 4) is 11.5 Å². The summed E-state index contributed by atoms with van der Waals surface area (Å²) in [5, 5.41) is 27.7. The summed E-state index contributed by atoms with van der Waals surface area (Å²) in [4.78, 5) is 36.2. The molecule has 12 nitrogen and oxygen atoms in total. The average molecular weight is 932 g/mol. The zero-order valence-corrected chi connectivity index (χ0v) is 40.3. The molecule has 4 aliphatic rings. The number of hydrogen-bond acceptors (Lipinski definition) is 10. The molecule has 0 radical (unpaired) electrons. The average Bonchev–Trinajstić information content (AvgIpc) is 3.33. The summed E-state index contributed by atoms with van der Waals surface area (Å²) in [6, 6.07) is 11.0. The highest BCUT2D eigenvalue weighted by Gasteiger charge is 2.65. The van der Waals surface area contributed by atoms with Crippen molar-refractivity contribution >= 4 is 17.7 Å². The molecule has 2 aliphatic heterocycles. The summed E-state index contributed by atoms with van der Waals surface area (Å²) in [5.74, 6) is -1.81. The molecule has 1 saturated heterocycles. The molecule has 0 bridgehead atoms. The number of oxime groups is 1. The predicted octanol–water partition coefficient (Wildman–Crippen LogP) is 11.0. The number of carbonyl (C=O) groups is 2. The number of halogens is 1. The monoisotopic (exact) mass is 932 g/mol. The van der Waals surface area contributed by atoms with Gasteiger partial charge in [0, 0.05) is 57.0 Å². The highest BCUT2D eigenvalue weighted by molar-refractivity contribution is 6.03. The Balaban J connectivity index is 1.51. The Bertz CT molecular complexity index is 1920. The van der Waals surface area contributed by atoms with Crippen LogP contribution in [0.5, 0.6) is 11.5 Å². The van der Waals surface area contributed by atoms with Crippen molar-refractivity contribution in [2.24, 2.45) is 22.9 Å². The fourth-order valence-electron chi connectivity index (χ4n) is 10.8. The first kappa shape index (κ1) is 52.1. The number of unbranched alkanes of at least 4 members (excludes halogenated alkanes) is 10. The van der Waals surface area contributed by atoms with E-state index in [9.17, 15) is 19.4 Å². The van der Waals surface area contributed by atoms with Crippen LogP contribution in [0, 0.1) is 23.6 Å². The third-order valence-corrected chi connectivity index (χ3v) is 14.1. The summed E-state index contributed by atoms with van der Waals surface area (Å²) in [6.07, 6.45) is 20.5. The van der Waals surface area contributed by atoms with Crippen molar-refractivity contribution in [3.63, 3.8) is 0 Å². The van der Waals surface area contributed by atoms with E-state index in [1.165, 1.54) is 44.2 Å². The SMILES string of the molecule is C=CCOC12Oc3ccc(OC(=O)NCC)cc3C3C(CCCCO)C(CCCCO)C=C(C(=NOC4CCCCO4)CC1N(Cc1ccc(F)cc1)C(=O)CCCCCCCCCCC)C32. The van der Waals surface area contributed by atoms with Crippen molar-refractivity contribution in [2.45, 2.75) is 173 Å². The van der Waals surface area contributed by atoms with Gasteiger partial charge in [0.2, 0.25) is 18.0 Å². The fourth-order valence-corrected chi connectivity index (χ4v) is 10.8. The molecule has 2 aromatic carbocycles. The Hall–Kier alpha value is -4.30. The Labute approximate surface area is 398 Å². The van der Waals surface area contributed by atoms with E-state index in [0.29, 0.717) is 56.0 Å². The molecule has 370 valence electrons. The second-order valence-corrected chi connectivity index (χ2v) is 18.8. The van der Waals surface area contributed by atoms with Crippen LogP contribution in [0.1, 0.15) is 159 Å². The number of ether oxygens (including phenoxy) is 4. The molecule has 0 aromatic heterocycles. The third kappa shape index (κ3) is 13.9. The van der Waals surface area contributed by atoms with Crippen LogP contribution in [-0.4, -0.2) is 83.9 Å². The number of aliphatic hydroxyl groups is 2. The van der Waals surface area contributed by atoms with Crippen molar-refractivity contribution < 1.29 is 48.0 Å². The normalized spacial score (nSPS) is 24.7. The molecule has 67 heavy (non-hydrogen) atoms. The topological polar surface area (TPSA) is 148 Å². The van der Waals surface area contributed by atoms with Gasteiger partial charge >= 0.3 is 6.09 Å².